The summed E-state index contributed by atoms with van der Waals surface area (Å²) in [7, 11) is 0. The Labute approximate surface area is 71.9 Å². The monoisotopic (exact) mass is 173 g/mol. The van der Waals surface area contributed by atoms with Crippen molar-refractivity contribution < 1.29 is 15.0 Å². The minimum absolute atomic E-state index is 0.387. The van der Waals surface area contributed by atoms with E-state index in [0.717, 1.165) is 12.5 Å². The number of amides is 1. The lowest BCUT2D eigenvalue weighted by atomic mass is 10.1. The van der Waals surface area contributed by atoms with Crippen LogP contribution in [-0.4, -0.2) is 28.5 Å². The van der Waals surface area contributed by atoms with E-state index < -0.39 is 12.3 Å². The van der Waals surface area contributed by atoms with Crippen LogP contribution in [0.3, 0.4) is 0 Å². The molecule has 0 rings (SSSR count). The molecule has 0 saturated carbocycles. The molecule has 0 aromatic heterocycles. The molecule has 12 heavy (non-hydrogen) atoms. The SMILES string of the molecule is C=CC(=O)N[C@@H](CCC)C(O)O. The summed E-state index contributed by atoms with van der Waals surface area (Å²) in [5.74, 6) is -0.387. The van der Waals surface area contributed by atoms with Gasteiger partial charge in [-0.1, -0.05) is 19.9 Å². The third kappa shape index (κ3) is 4.10. The van der Waals surface area contributed by atoms with Crippen LogP contribution in [0.25, 0.3) is 0 Å². The number of aliphatic hydroxyl groups excluding tert-OH is 1. The number of carbonyl (C=O) groups is 1. The minimum Gasteiger partial charge on any atom is -0.366 e. The molecule has 1 atom stereocenters. The van der Waals surface area contributed by atoms with Crippen LogP contribution < -0.4 is 5.32 Å². The molecule has 0 bridgehead atoms. The van der Waals surface area contributed by atoms with Crippen molar-refractivity contribution in [2.45, 2.75) is 32.1 Å². The molecule has 0 aromatic rings. The van der Waals surface area contributed by atoms with Gasteiger partial charge in [-0.25, -0.2) is 0 Å². The fraction of sp³-hybridized carbons (Fsp3) is 0.625. The van der Waals surface area contributed by atoms with Gasteiger partial charge in [0.25, 0.3) is 0 Å². The topological polar surface area (TPSA) is 69.6 Å². The first-order chi connectivity index (χ1) is 5.61. The molecule has 0 saturated heterocycles. The van der Waals surface area contributed by atoms with Crippen LogP contribution in [-0.2, 0) is 4.79 Å². The second kappa shape index (κ2) is 5.74. The van der Waals surface area contributed by atoms with Crippen molar-refractivity contribution in [2.75, 3.05) is 0 Å². The van der Waals surface area contributed by atoms with Gasteiger partial charge in [0.2, 0.25) is 5.91 Å². The molecule has 4 heteroatoms. The highest BCUT2D eigenvalue weighted by Gasteiger charge is 2.16. The number of hydrogen-bond acceptors (Lipinski definition) is 3. The van der Waals surface area contributed by atoms with Gasteiger partial charge < -0.3 is 15.5 Å². The highest BCUT2D eigenvalue weighted by molar-refractivity contribution is 5.87. The maximum atomic E-state index is 10.8. The van der Waals surface area contributed by atoms with Crippen molar-refractivity contribution in [1.29, 1.82) is 0 Å². The van der Waals surface area contributed by atoms with Gasteiger partial charge in [-0.15, -0.1) is 0 Å². The van der Waals surface area contributed by atoms with E-state index in [-0.39, 0.29) is 5.91 Å². The van der Waals surface area contributed by atoms with Crippen molar-refractivity contribution >= 4 is 5.91 Å². The molecule has 0 aliphatic heterocycles. The van der Waals surface area contributed by atoms with E-state index in [2.05, 4.69) is 11.9 Å². The van der Waals surface area contributed by atoms with Crippen molar-refractivity contribution in [3.8, 4) is 0 Å². The Morgan fingerprint density at radius 2 is 2.25 bits per heavy atom. The van der Waals surface area contributed by atoms with Gasteiger partial charge in [0.1, 0.15) is 0 Å². The first-order valence-corrected chi connectivity index (χ1v) is 3.90. The predicted octanol–water partition coefficient (Wildman–Crippen LogP) is -0.232. The summed E-state index contributed by atoms with van der Waals surface area (Å²) in [6.07, 6.45) is 0.913. The van der Waals surface area contributed by atoms with E-state index in [1.807, 2.05) is 6.92 Å². The number of carbonyl (C=O) groups excluding carboxylic acids is 1. The van der Waals surface area contributed by atoms with Gasteiger partial charge in [0.15, 0.2) is 6.29 Å². The molecule has 4 nitrogen and oxygen atoms in total. The number of hydrogen-bond donors (Lipinski definition) is 3. The second-order valence-corrected chi connectivity index (χ2v) is 2.52. The summed E-state index contributed by atoms with van der Waals surface area (Å²) in [5, 5.41) is 20.0. The summed E-state index contributed by atoms with van der Waals surface area (Å²) < 4.78 is 0. The van der Waals surface area contributed by atoms with Gasteiger partial charge in [-0.2, -0.15) is 0 Å². The van der Waals surface area contributed by atoms with Gasteiger partial charge in [0.05, 0.1) is 6.04 Å². The Balaban J connectivity index is 3.94. The smallest absolute Gasteiger partial charge is 0.243 e. The Morgan fingerprint density at radius 1 is 1.67 bits per heavy atom. The van der Waals surface area contributed by atoms with E-state index in [1.54, 1.807) is 0 Å². The highest BCUT2D eigenvalue weighted by Crippen LogP contribution is 1.99. The number of nitrogens with one attached hydrogen (secondary N) is 1. The van der Waals surface area contributed by atoms with Crippen molar-refractivity contribution in [2.24, 2.45) is 0 Å². The Kier molecular flexibility index (Phi) is 5.32. The van der Waals surface area contributed by atoms with Crippen molar-refractivity contribution in [1.82, 2.24) is 5.32 Å². The van der Waals surface area contributed by atoms with Gasteiger partial charge in [-0.3, -0.25) is 4.79 Å². The summed E-state index contributed by atoms with van der Waals surface area (Å²) in [6, 6.07) is -0.597. The maximum Gasteiger partial charge on any atom is 0.243 e. The summed E-state index contributed by atoms with van der Waals surface area (Å²) in [4.78, 5) is 10.8. The normalized spacial score (nSPS) is 12.7. The molecule has 0 unspecified atom stereocenters. The third-order valence-corrected chi connectivity index (χ3v) is 1.47. The summed E-state index contributed by atoms with van der Waals surface area (Å²) in [6.45, 7) is 5.16. The molecule has 0 fully saturated rings. The molecule has 0 spiro atoms. The molecule has 0 aliphatic rings. The van der Waals surface area contributed by atoms with E-state index in [9.17, 15) is 4.79 Å². The fourth-order valence-electron chi connectivity index (χ4n) is 0.848. The Morgan fingerprint density at radius 3 is 2.58 bits per heavy atom. The Bertz CT molecular complexity index is 156. The fourth-order valence-corrected chi connectivity index (χ4v) is 0.848. The Hall–Kier alpha value is -0.870. The van der Waals surface area contributed by atoms with Gasteiger partial charge in [-0.05, 0) is 12.5 Å². The van der Waals surface area contributed by atoms with Gasteiger partial charge >= 0.3 is 0 Å². The molecular weight excluding hydrogens is 158 g/mol. The summed E-state index contributed by atoms with van der Waals surface area (Å²) in [5.41, 5.74) is 0. The summed E-state index contributed by atoms with van der Waals surface area (Å²) >= 11 is 0. The van der Waals surface area contributed by atoms with Crippen LogP contribution in [0.1, 0.15) is 19.8 Å². The highest BCUT2D eigenvalue weighted by atomic mass is 16.5. The van der Waals surface area contributed by atoms with Crippen LogP contribution >= 0.6 is 0 Å². The van der Waals surface area contributed by atoms with Crippen molar-refractivity contribution in [3.63, 3.8) is 0 Å². The molecule has 0 aliphatic carbocycles. The molecule has 0 heterocycles. The van der Waals surface area contributed by atoms with Crippen LogP contribution in [0.2, 0.25) is 0 Å². The lowest BCUT2D eigenvalue weighted by molar-refractivity contribution is -0.122. The van der Waals surface area contributed by atoms with Crippen LogP contribution in [0.15, 0.2) is 12.7 Å². The lowest BCUT2D eigenvalue weighted by Gasteiger charge is -2.18. The zero-order valence-electron chi connectivity index (χ0n) is 7.16. The zero-order valence-corrected chi connectivity index (χ0v) is 7.16. The quantitative estimate of drug-likeness (QED) is 0.397. The molecule has 0 radical (unpaired) electrons. The van der Waals surface area contributed by atoms with Crippen LogP contribution in [0, 0.1) is 0 Å². The minimum atomic E-state index is -1.51. The van der Waals surface area contributed by atoms with E-state index >= 15 is 0 Å². The predicted molar refractivity (Wildman–Crippen MR) is 45.3 cm³/mol. The van der Waals surface area contributed by atoms with Gasteiger partial charge in [0, 0.05) is 0 Å². The van der Waals surface area contributed by atoms with E-state index in [4.69, 9.17) is 10.2 Å². The molecule has 3 N–H and O–H groups in total. The average molecular weight is 173 g/mol. The number of rotatable bonds is 5. The largest absolute Gasteiger partial charge is 0.366 e. The number of aliphatic hydroxyl groups is 2. The molecule has 1 amide bonds. The molecule has 70 valence electrons. The average Bonchev–Trinajstić information content (AvgIpc) is 2.03. The second-order valence-electron chi connectivity index (χ2n) is 2.52. The lowest BCUT2D eigenvalue weighted by Crippen LogP contribution is -2.42. The first-order valence-electron chi connectivity index (χ1n) is 3.90. The van der Waals surface area contributed by atoms with E-state index in [1.165, 1.54) is 0 Å². The first kappa shape index (κ1) is 11.1. The van der Waals surface area contributed by atoms with Crippen molar-refractivity contribution in [3.05, 3.63) is 12.7 Å². The molecule has 0 aromatic carbocycles. The van der Waals surface area contributed by atoms with Crippen LogP contribution in [0.5, 0.6) is 0 Å². The maximum absolute atomic E-state index is 10.8. The zero-order chi connectivity index (χ0) is 9.56. The van der Waals surface area contributed by atoms with E-state index in [0.29, 0.717) is 6.42 Å². The van der Waals surface area contributed by atoms with Crippen LogP contribution in [0.4, 0.5) is 0 Å². The molecular formula is C8H15NO3. The standard InChI is InChI=1S/C8H15NO3/c1-3-5-6(8(11)12)9-7(10)4-2/h4,6,8,11-12H,2-3,5H2,1H3,(H,9,10)/t6-/m0/s1. The third-order valence-electron chi connectivity index (χ3n) is 1.47.